The average Bonchev–Trinajstić information content (AvgIpc) is 2.05. The fraction of sp³-hybridized carbons (Fsp3) is 0.143. The van der Waals surface area contributed by atoms with E-state index in [1.54, 1.807) is 12.5 Å². The van der Waals surface area contributed by atoms with E-state index in [9.17, 15) is 0 Å². The normalized spacial score (nSPS) is 20.8. The molecule has 0 aliphatic carbocycles. The third-order valence-electron chi connectivity index (χ3n) is 1.35. The highest BCUT2D eigenvalue weighted by molar-refractivity contribution is 5.37. The van der Waals surface area contributed by atoms with Crippen LogP contribution in [0, 0.1) is 0 Å². The molecule has 0 unspecified atom stereocenters. The lowest BCUT2D eigenvalue weighted by Gasteiger charge is -2.18. The molecule has 0 bridgehead atoms. The number of dihydropyridines is 1. The monoisotopic (exact) mass is 137 g/mol. The summed E-state index contributed by atoms with van der Waals surface area (Å²) in [4.78, 5) is 0. The van der Waals surface area contributed by atoms with Crippen molar-refractivity contribution >= 4 is 0 Å². The standard InChI is InChI=1S/C7H7NO2/c1-2-8-3-7-6(1)4-9-5-10-7/h1-4,8H,5H2. The van der Waals surface area contributed by atoms with Crippen LogP contribution in [0.15, 0.2) is 36.1 Å². The fourth-order valence-corrected chi connectivity index (χ4v) is 0.871. The second kappa shape index (κ2) is 2.10. The van der Waals surface area contributed by atoms with Crippen molar-refractivity contribution in [2.45, 2.75) is 0 Å². The van der Waals surface area contributed by atoms with Crippen LogP contribution in [0.1, 0.15) is 0 Å². The number of nitrogens with one attached hydrogen (secondary N) is 1. The third-order valence-corrected chi connectivity index (χ3v) is 1.35. The maximum Gasteiger partial charge on any atom is 0.230 e. The minimum Gasteiger partial charge on any atom is -0.464 e. The Hall–Kier alpha value is -1.38. The first kappa shape index (κ1) is 5.41. The molecule has 2 aliphatic rings. The highest BCUT2D eigenvalue weighted by Gasteiger charge is 2.10. The van der Waals surface area contributed by atoms with Gasteiger partial charge in [0.05, 0.1) is 11.8 Å². The Labute approximate surface area is 58.6 Å². The van der Waals surface area contributed by atoms with Crippen LogP contribution in [-0.2, 0) is 9.47 Å². The molecule has 0 saturated carbocycles. The van der Waals surface area contributed by atoms with Gasteiger partial charge in [0.2, 0.25) is 6.79 Å². The summed E-state index contributed by atoms with van der Waals surface area (Å²) in [6.07, 6.45) is 7.21. The van der Waals surface area contributed by atoms with Crippen molar-refractivity contribution in [1.29, 1.82) is 0 Å². The van der Waals surface area contributed by atoms with Crippen LogP contribution in [0.5, 0.6) is 0 Å². The molecule has 3 heteroatoms. The molecule has 0 spiro atoms. The van der Waals surface area contributed by atoms with E-state index in [1.165, 1.54) is 0 Å². The van der Waals surface area contributed by atoms with Crippen LogP contribution < -0.4 is 5.32 Å². The van der Waals surface area contributed by atoms with E-state index in [1.807, 2.05) is 12.3 Å². The molecule has 0 saturated heterocycles. The molecule has 0 radical (unpaired) electrons. The van der Waals surface area contributed by atoms with Gasteiger partial charge in [0.15, 0.2) is 0 Å². The van der Waals surface area contributed by atoms with E-state index in [2.05, 4.69) is 5.32 Å². The van der Waals surface area contributed by atoms with Crippen LogP contribution in [0.25, 0.3) is 0 Å². The van der Waals surface area contributed by atoms with Gasteiger partial charge in [-0.25, -0.2) is 0 Å². The Bertz CT molecular complexity index is 228. The molecular weight excluding hydrogens is 130 g/mol. The van der Waals surface area contributed by atoms with Crippen LogP contribution in [0.4, 0.5) is 0 Å². The third kappa shape index (κ3) is 0.757. The molecule has 0 aromatic heterocycles. The van der Waals surface area contributed by atoms with Crippen LogP contribution in [-0.4, -0.2) is 6.79 Å². The van der Waals surface area contributed by atoms with Crippen molar-refractivity contribution in [3.8, 4) is 0 Å². The Morgan fingerprint density at radius 2 is 2.50 bits per heavy atom. The van der Waals surface area contributed by atoms with E-state index in [0.717, 1.165) is 11.3 Å². The van der Waals surface area contributed by atoms with Gasteiger partial charge >= 0.3 is 0 Å². The van der Waals surface area contributed by atoms with Crippen molar-refractivity contribution < 1.29 is 9.47 Å². The molecular formula is C7H7NO2. The fourth-order valence-electron chi connectivity index (χ4n) is 0.871. The van der Waals surface area contributed by atoms with Gasteiger partial charge in [0.25, 0.3) is 0 Å². The number of fused-ring (bicyclic) bond motifs is 1. The summed E-state index contributed by atoms with van der Waals surface area (Å²) in [5.41, 5.74) is 0.977. The predicted octanol–water partition coefficient (Wildman–Crippen LogP) is 0.833. The molecule has 0 amide bonds. The number of rotatable bonds is 0. The molecule has 0 fully saturated rings. The SMILES string of the molecule is C1=CC2=COCOC2=CN1. The van der Waals surface area contributed by atoms with Crippen molar-refractivity contribution in [3.63, 3.8) is 0 Å². The van der Waals surface area contributed by atoms with Gasteiger partial charge in [-0.2, -0.15) is 0 Å². The highest BCUT2D eigenvalue weighted by Crippen LogP contribution is 2.18. The summed E-state index contributed by atoms with van der Waals surface area (Å²) < 4.78 is 10.1. The Morgan fingerprint density at radius 1 is 1.50 bits per heavy atom. The second-order valence-corrected chi connectivity index (χ2v) is 2.01. The van der Waals surface area contributed by atoms with E-state index in [-0.39, 0.29) is 0 Å². The summed E-state index contributed by atoms with van der Waals surface area (Å²) in [5, 5.41) is 2.92. The maximum atomic E-state index is 5.14. The van der Waals surface area contributed by atoms with Gasteiger partial charge in [-0.15, -0.1) is 0 Å². The quantitative estimate of drug-likeness (QED) is 0.536. The first-order valence-corrected chi connectivity index (χ1v) is 3.04. The molecule has 2 aliphatic heterocycles. The molecule has 0 aromatic carbocycles. The molecule has 0 aromatic rings. The Morgan fingerprint density at radius 3 is 3.40 bits per heavy atom. The first-order valence-electron chi connectivity index (χ1n) is 3.04. The van der Waals surface area contributed by atoms with E-state index < -0.39 is 0 Å². The smallest absolute Gasteiger partial charge is 0.230 e. The maximum absolute atomic E-state index is 5.14. The van der Waals surface area contributed by atoms with Crippen LogP contribution in [0.3, 0.4) is 0 Å². The minimum absolute atomic E-state index is 0.310. The molecule has 2 heterocycles. The predicted molar refractivity (Wildman–Crippen MR) is 35.5 cm³/mol. The number of allylic oxidation sites excluding steroid dienone is 1. The zero-order chi connectivity index (χ0) is 6.81. The molecule has 1 N–H and O–H groups in total. The minimum atomic E-state index is 0.310. The van der Waals surface area contributed by atoms with Gasteiger partial charge in [-0.1, -0.05) is 0 Å². The van der Waals surface area contributed by atoms with Gasteiger partial charge in [0, 0.05) is 12.4 Å². The van der Waals surface area contributed by atoms with E-state index in [4.69, 9.17) is 9.47 Å². The summed E-state index contributed by atoms with van der Waals surface area (Å²) in [6.45, 7) is 0.310. The van der Waals surface area contributed by atoms with Crippen molar-refractivity contribution in [2.24, 2.45) is 0 Å². The molecule has 10 heavy (non-hydrogen) atoms. The van der Waals surface area contributed by atoms with Gasteiger partial charge in [-0.3, -0.25) is 0 Å². The summed E-state index contributed by atoms with van der Waals surface area (Å²) in [7, 11) is 0. The zero-order valence-electron chi connectivity index (χ0n) is 5.33. The number of hydrogen-bond acceptors (Lipinski definition) is 3. The lowest BCUT2D eigenvalue weighted by molar-refractivity contribution is 0.0157. The lowest BCUT2D eigenvalue weighted by atomic mass is 10.2. The summed E-state index contributed by atoms with van der Waals surface area (Å²) >= 11 is 0. The van der Waals surface area contributed by atoms with Crippen molar-refractivity contribution in [2.75, 3.05) is 6.79 Å². The largest absolute Gasteiger partial charge is 0.464 e. The van der Waals surface area contributed by atoms with E-state index >= 15 is 0 Å². The van der Waals surface area contributed by atoms with Crippen LogP contribution in [0.2, 0.25) is 0 Å². The second-order valence-electron chi connectivity index (χ2n) is 2.01. The summed E-state index contributed by atoms with van der Waals surface area (Å²) in [6, 6.07) is 0. The lowest BCUT2D eigenvalue weighted by Crippen LogP contribution is -2.11. The summed E-state index contributed by atoms with van der Waals surface area (Å²) in [5.74, 6) is 0.841. The van der Waals surface area contributed by atoms with Crippen LogP contribution >= 0.6 is 0 Å². The van der Waals surface area contributed by atoms with E-state index in [0.29, 0.717) is 6.79 Å². The molecule has 52 valence electrons. The topological polar surface area (TPSA) is 30.5 Å². The molecule has 3 nitrogen and oxygen atoms in total. The Balaban J connectivity index is 2.32. The highest BCUT2D eigenvalue weighted by atomic mass is 16.7. The molecule has 2 rings (SSSR count). The molecule has 0 atom stereocenters. The number of hydrogen-bond donors (Lipinski definition) is 1. The van der Waals surface area contributed by atoms with Crippen molar-refractivity contribution in [1.82, 2.24) is 5.32 Å². The van der Waals surface area contributed by atoms with Gasteiger partial charge in [0.1, 0.15) is 5.76 Å². The zero-order valence-corrected chi connectivity index (χ0v) is 5.33. The van der Waals surface area contributed by atoms with Gasteiger partial charge < -0.3 is 14.8 Å². The number of ether oxygens (including phenoxy) is 2. The first-order chi connectivity index (χ1) is 4.97. The Kier molecular flexibility index (Phi) is 1.13. The average molecular weight is 137 g/mol. The van der Waals surface area contributed by atoms with Gasteiger partial charge in [-0.05, 0) is 6.08 Å². The van der Waals surface area contributed by atoms with Crippen molar-refractivity contribution in [3.05, 3.63) is 36.1 Å².